The number of hydrogen-bond acceptors (Lipinski definition) is 2. The van der Waals surface area contributed by atoms with Crippen molar-refractivity contribution in [2.45, 2.75) is 31.7 Å². The van der Waals surface area contributed by atoms with Crippen molar-refractivity contribution in [3.05, 3.63) is 58.8 Å². The highest BCUT2D eigenvalue weighted by Crippen LogP contribution is 2.39. The van der Waals surface area contributed by atoms with Crippen LogP contribution in [0.3, 0.4) is 0 Å². The summed E-state index contributed by atoms with van der Waals surface area (Å²) in [5.74, 6) is 6.45. The van der Waals surface area contributed by atoms with Crippen LogP contribution >= 0.6 is 8.58 Å². The third-order valence-electron chi connectivity index (χ3n) is 4.99. The summed E-state index contributed by atoms with van der Waals surface area (Å²) in [6, 6.07) is 6.88. The molecule has 1 heterocycles. The minimum atomic E-state index is -0.253. The molecular weight excluding hydrogens is 332 g/mol. The van der Waals surface area contributed by atoms with Gasteiger partial charge in [0.15, 0.2) is 0 Å². The molecule has 3 atom stereocenters. The lowest BCUT2D eigenvalue weighted by Crippen LogP contribution is -2.33. The summed E-state index contributed by atoms with van der Waals surface area (Å²) < 4.78 is 13.2. The summed E-state index contributed by atoms with van der Waals surface area (Å²) in [6.45, 7) is 0. The molecule has 2 aliphatic rings. The Morgan fingerprint density at radius 3 is 2.92 bits per heavy atom. The maximum atomic E-state index is 13.2. The zero-order valence-corrected chi connectivity index (χ0v) is 15.5. The largest absolute Gasteiger partial charge is 0.371 e. The third kappa shape index (κ3) is 4.59. The van der Waals surface area contributed by atoms with Gasteiger partial charge in [-0.2, -0.15) is 0 Å². The zero-order valence-electron chi connectivity index (χ0n) is 14.5. The Labute approximate surface area is 151 Å². The summed E-state index contributed by atoms with van der Waals surface area (Å²) in [4.78, 5) is 13.3. The molecule has 0 amide bonds. The molecule has 2 nitrogen and oxygen atoms in total. The van der Waals surface area contributed by atoms with E-state index < -0.39 is 0 Å². The van der Waals surface area contributed by atoms with E-state index in [0.29, 0.717) is 32.5 Å². The van der Waals surface area contributed by atoms with Crippen LogP contribution in [0, 0.1) is 23.6 Å². The first-order valence-corrected chi connectivity index (χ1v) is 9.97. The Morgan fingerprint density at radius 1 is 1.32 bits per heavy atom. The van der Waals surface area contributed by atoms with Crippen LogP contribution in [0.15, 0.2) is 47.4 Å². The van der Waals surface area contributed by atoms with E-state index in [4.69, 9.17) is 0 Å². The van der Waals surface area contributed by atoms with Gasteiger partial charge < -0.3 is 9.69 Å². The smallest absolute Gasteiger partial charge is 0.124 e. The van der Waals surface area contributed by atoms with E-state index in [1.54, 1.807) is 6.07 Å². The fraction of sp³-hybridized carbons (Fsp3) is 0.381. The molecule has 0 saturated heterocycles. The van der Waals surface area contributed by atoms with Gasteiger partial charge in [-0.1, -0.05) is 32.9 Å². The van der Waals surface area contributed by atoms with Gasteiger partial charge in [0.2, 0.25) is 0 Å². The van der Waals surface area contributed by atoms with Gasteiger partial charge in [-0.3, -0.25) is 0 Å². The molecule has 130 valence electrons. The van der Waals surface area contributed by atoms with Crippen molar-refractivity contribution in [1.82, 2.24) is 4.90 Å². The van der Waals surface area contributed by atoms with Crippen molar-refractivity contribution in [3.8, 4) is 11.8 Å². The molecule has 3 unspecified atom stereocenters. The molecule has 1 saturated carbocycles. The average Bonchev–Trinajstić information content (AvgIpc) is 3.08. The van der Waals surface area contributed by atoms with Crippen molar-refractivity contribution in [2.24, 2.45) is 5.92 Å². The molecule has 25 heavy (non-hydrogen) atoms. The maximum absolute atomic E-state index is 13.2. The van der Waals surface area contributed by atoms with Crippen LogP contribution < -0.4 is 0 Å². The number of allylic oxidation sites excluding steroid dienone is 3. The van der Waals surface area contributed by atoms with E-state index in [9.17, 15) is 9.18 Å². The molecule has 0 bridgehead atoms. The van der Waals surface area contributed by atoms with Gasteiger partial charge >= 0.3 is 0 Å². The highest BCUT2D eigenvalue weighted by Gasteiger charge is 2.31. The predicted octanol–water partition coefficient (Wildman–Crippen LogP) is 4.33. The lowest BCUT2D eigenvalue weighted by molar-refractivity contribution is -0.108. The number of rotatable bonds is 4. The highest BCUT2D eigenvalue weighted by atomic mass is 31.1. The molecule has 1 aromatic rings. The normalized spacial score (nSPS) is 23.4. The fourth-order valence-electron chi connectivity index (χ4n) is 3.63. The van der Waals surface area contributed by atoms with Gasteiger partial charge in [0.05, 0.1) is 0 Å². The Morgan fingerprint density at radius 2 is 2.20 bits per heavy atom. The molecule has 3 rings (SSSR count). The first-order chi connectivity index (χ1) is 12.2. The minimum Gasteiger partial charge on any atom is -0.371 e. The number of aldehydes is 1. The van der Waals surface area contributed by atoms with E-state index in [0.717, 1.165) is 24.4 Å². The molecule has 1 aliphatic heterocycles. The lowest BCUT2D eigenvalue weighted by Gasteiger charge is -2.33. The van der Waals surface area contributed by atoms with Gasteiger partial charge in [0, 0.05) is 42.2 Å². The summed E-state index contributed by atoms with van der Waals surface area (Å²) in [5.41, 5.74) is 3.15. The van der Waals surface area contributed by atoms with Gasteiger partial charge in [-0.15, -0.1) is 0 Å². The quantitative estimate of drug-likeness (QED) is 0.455. The maximum Gasteiger partial charge on any atom is 0.124 e. The third-order valence-corrected chi connectivity index (χ3v) is 6.43. The van der Waals surface area contributed by atoms with Crippen LogP contribution in [0.4, 0.5) is 4.39 Å². The summed E-state index contributed by atoms with van der Waals surface area (Å²) >= 11 is 0. The summed E-state index contributed by atoms with van der Waals surface area (Å²) in [7, 11) is 2.85. The number of carbonyl (C=O) groups is 1. The molecule has 1 aromatic carbocycles. The molecule has 4 heteroatoms. The second-order valence-electron chi connectivity index (χ2n) is 6.63. The second kappa shape index (κ2) is 8.45. The van der Waals surface area contributed by atoms with Crippen molar-refractivity contribution in [1.29, 1.82) is 0 Å². The zero-order chi connectivity index (χ0) is 17.6. The van der Waals surface area contributed by atoms with Crippen molar-refractivity contribution < 1.29 is 9.18 Å². The van der Waals surface area contributed by atoms with Crippen LogP contribution in [0.1, 0.15) is 31.2 Å². The van der Waals surface area contributed by atoms with E-state index in [1.165, 1.54) is 30.4 Å². The van der Waals surface area contributed by atoms with E-state index >= 15 is 0 Å². The molecule has 1 aliphatic carbocycles. The number of halogens is 1. The van der Waals surface area contributed by atoms with Crippen LogP contribution in [0.5, 0.6) is 0 Å². The molecular formula is C21H23FNOP. The SMILES string of the molecule is CN(C1=CC=C(C#Cc2cccc(F)c2)CP1)C1CCCC1CC=O. The molecule has 0 N–H and O–H groups in total. The molecule has 0 radical (unpaired) electrons. The molecule has 0 spiro atoms. The Balaban J connectivity index is 1.67. The Kier molecular flexibility index (Phi) is 6.05. The van der Waals surface area contributed by atoms with Gasteiger partial charge in [-0.25, -0.2) is 4.39 Å². The first-order valence-electron chi connectivity index (χ1n) is 8.76. The van der Waals surface area contributed by atoms with E-state index in [2.05, 4.69) is 35.9 Å². The highest BCUT2D eigenvalue weighted by molar-refractivity contribution is 7.43. The van der Waals surface area contributed by atoms with Crippen molar-refractivity contribution >= 4 is 14.9 Å². The van der Waals surface area contributed by atoms with Crippen LogP contribution in [0.25, 0.3) is 0 Å². The van der Waals surface area contributed by atoms with Crippen LogP contribution in [-0.4, -0.2) is 30.4 Å². The Hall–Kier alpha value is -1.91. The van der Waals surface area contributed by atoms with E-state index in [1.807, 2.05) is 6.07 Å². The summed E-state index contributed by atoms with van der Waals surface area (Å²) in [6.07, 6.45) is 10.5. The monoisotopic (exact) mass is 355 g/mol. The second-order valence-corrected chi connectivity index (χ2v) is 7.85. The average molecular weight is 355 g/mol. The number of nitrogens with zero attached hydrogens (tertiary/aromatic N) is 1. The van der Waals surface area contributed by atoms with Gasteiger partial charge in [-0.05, 0) is 49.1 Å². The molecule has 1 fully saturated rings. The summed E-state index contributed by atoms with van der Waals surface area (Å²) in [5, 5.41) is 0. The number of benzene rings is 1. The number of carbonyl (C=O) groups excluding carboxylic acids is 1. The van der Waals surface area contributed by atoms with Crippen molar-refractivity contribution in [2.75, 3.05) is 13.2 Å². The van der Waals surface area contributed by atoms with Gasteiger partial charge in [0.1, 0.15) is 12.1 Å². The van der Waals surface area contributed by atoms with E-state index in [-0.39, 0.29) is 5.82 Å². The van der Waals surface area contributed by atoms with Gasteiger partial charge in [0.25, 0.3) is 0 Å². The van der Waals surface area contributed by atoms with Crippen LogP contribution in [0.2, 0.25) is 0 Å². The standard InChI is InChI=1S/C21H23FNOP/c1-23(20-7-3-5-18(20)12-13-24)21-11-10-17(15-25-21)9-8-16-4-2-6-19(22)14-16/h2,4,6,10-11,13-14,18,20,25H,3,5,7,12,15H2,1H3. The Bertz CT molecular complexity index is 759. The lowest BCUT2D eigenvalue weighted by atomic mass is 9.99. The molecule has 0 aromatic heterocycles. The number of hydrogen-bond donors (Lipinski definition) is 0. The predicted molar refractivity (Wildman–Crippen MR) is 102 cm³/mol. The van der Waals surface area contributed by atoms with Crippen molar-refractivity contribution in [3.63, 3.8) is 0 Å². The van der Waals surface area contributed by atoms with Crippen LogP contribution in [-0.2, 0) is 4.79 Å². The fourth-order valence-corrected chi connectivity index (χ4v) is 4.83. The minimum absolute atomic E-state index is 0.253. The first kappa shape index (κ1) is 17.9. The topological polar surface area (TPSA) is 20.3 Å².